The number of benzene rings is 1. The van der Waals surface area contributed by atoms with Gasteiger partial charge in [0.25, 0.3) is 0 Å². The minimum atomic E-state index is 0.526. The molecule has 1 aliphatic heterocycles. The van der Waals surface area contributed by atoms with Crippen LogP contribution in [0.15, 0.2) is 24.3 Å². The van der Waals surface area contributed by atoms with Crippen molar-refractivity contribution in [2.45, 2.75) is 25.7 Å². The number of aromatic nitrogens is 3. The number of nitrogens with one attached hydrogen (secondary N) is 2. The van der Waals surface area contributed by atoms with Crippen LogP contribution in [0.1, 0.15) is 30.1 Å². The normalized spacial score (nSPS) is 16.9. The zero-order valence-corrected chi connectivity index (χ0v) is 10.6. The number of H-pyrrole nitrogens is 1. The third-order valence-electron chi connectivity index (χ3n) is 3.54. The Morgan fingerprint density at radius 1 is 1.11 bits per heavy atom. The average Bonchev–Trinajstić information content (AvgIpc) is 2.90. The molecule has 0 radical (unpaired) electrons. The predicted octanol–water partition coefficient (Wildman–Crippen LogP) is 2.25. The Bertz CT molecular complexity index is 509. The largest absolute Gasteiger partial charge is 0.317 e. The summed E-state index contributed by atoms with van der Waals surface area (Å²) in [5.74, 6) is 2.37. The molecule has 0 unspecified atom stereocenters. The number of piperidine rings is 1. The van der Waals surface area contributed by atoms with E-state index in [1.807, 2.05) is 0 Å². The highest BCUT2D eigenvalue weighted by Gasteiger charge is 2.19. The zero-order valence-electron chi connectivity index (χ0n) is 10.6. The van der Waals surface area contributed by atoms with E-state index in [4.69, 9.17) is 0 Å². The van der Waals surface area contributed by atoms with Gasteiger partial charge in [-0.3, -0.25) is 5.10 Å². The van der Waals surface area contributed by atoms with Crippen molar-refractivity contribution < 1.29 is 0 Å². The quantitative estimate of drug-likeness (QED) is 0.849. The molecular formula is C14H18N4. The Labute approximate surface area is 107 Å². The van der Waals surface area contributed by atoms with Crippen molar-refractivity contribution in [3.63, 3.8) is 0 Å². The lowest BCUT2D eigenvalue weighted by Gasteiger charge is -2.19. The van der Waals surface area contributed by atoms with Crippen molar-refractivity contribution in [3.8, 4) is 11.4 Å². The lowest BCUT2D eigenvalue weighted by molar-refractivity contribution is 0.446. The van der Waals surface area contributed by atoms with Crippen LogP contribution in [-0.2, 0) is 0 Å². The van der Waals surface area contributed by atoms with Gasteiger partial charge in [-0.15, -0.1) is 0 Å². The molecule has 1 saturated heterocycles. The summed E-state index contributed by atoms with van der Waals surface area (Å²) in [7, 11) is 0. The molecule has 1 aromatic carbocycles. The fourth-order valence-corrected chi connectivity index (χ4v) is 2.38. The molecule has 0 bridgehead atoms. The highest BCUT2D eigenvalue weighted by molar-refractivity contribution is 5.54. The second-order valence-corrected chi connectivity index (χ2v) is 4.93. The fraction of sp³-hybridized carbons (Fsp3) is 0.429. The first-order chi connectivity index (χ1) is 8.83. The highest BCUT2D eigenvalue weighted by atomic mass is 15.2. The van der Waals surface area contributed by atoms with E-state index in [1.54, 1.807) is 0 Å². The molecule has 2 aromatic rings. The fourth-order valence-electron chi connectivity index (χ4n) is 2.38. The van der Waals surface area contributed by atoms with Crippen molar-refractivity contribution >= 4 is 0 Å². The summed E-state index contributed by atoms with van der Waals surface area (Å²) < 4.78 is 0. The van der Waals surface area contributed by atoms with Crippen molar-refractivity contribution in [1.29, 1.82) is 0 Å². The Balaban J connectivity index is 1.82. The summed E-state index contributed by atoms with van der Waals surface area (Å²) in [5, 5.41) is 10.8. The SMILES string of the molecule is Cc1ccc(-c2n[nH]c(C3CCNCC3)n2)cc1. The van der Waals surface area contributed by atoms with E-state index in [-0.39, 0.29) is 0 Å². The van der Waals surface area contributed by atoms with Crippen LogP contribution in [-0.4, -0.2) is 28.3 Å². The molecule has 0 saturated carbocycles. The Morgan fingerprint density at radius 2 is 1.83 bits per heavy atom. The zero-order chi connectivity index (χ0) is 12.4. The second-order valence-electron chi connectivity index (χ2n) is 4.93. The van der Waals surface area contributed by atoms with Gasteiger partial charge in [0.15, 0.2) is 5.82 Å². The smallest absolute Gasteiger partial charge is 0.181 e. The third kappa shape index (κ3) is 2.29. The van der Waals surface area contributed by atoms with E-state index in [9.17, 15) is 0 Å². The summed E-state index contributed by atoms with van der Waals surface area (Å²) in [6.45, 7) is 4.23. The van der Waals surface area contributed by atoms with Crippen LogP contribution in [0.3, 0.4) is 0 Å². The van der Waals surface area contributed by atoms with Crippen LogP contribution in [0.2, 0.25) is 0 Å². The number of aromatic amines is 1. The molecule has 0 aliphatic carbocycles. The predicted molar refractivity (Wildman–Crippen MR) is 71.4 cm³/mol. The molecule has 4 nitrogen and oxygen atoms in total. The molecular weight excluding hydrogens is 224 g/mol. The number of hydrogen-bond acceptors (Lipinski definition) is 3. The van der Waals surface area contributed by atoms with Gasteiger partial charge in [-0.05, 0) is 32.9 Å². The number of hydrogen-bond donors (Lipinski definition) is 2. The van der Waals surface area contributed by atoms with E-state index in [1.165, 1.54) is 5.56 Å². The van der Waals surface area contributed by atoms with Crippen molar-refractivity contribution in [2.24, 2.45) is 0 Å². The van der Waals surface area contributed by atoms with Gasteiger partial charge in [0.1, 0.15) is 5.82 Å². The molecule has 2 heterocycles. The van der Waals surface area contributed by atoms with E-state index in [0.717, 1.165) is 43.1 Å². The van der Waals surface area contributed by atoms with Crippen LogP contribution in [0.25, 0.3) is 11.4 Å². The number of rotatable bonds is 2. The maximum Gasteiger partial charge on any atom is 0.181 e. The van der Waals surface area contributed by atoms with Crippen molar-refractivity contribution in [3.05, 3.63) is 35.7 Å². The molecule has 3 rings (SSSR count). The van der Waals surface area contributed by atoms with Gasteiger partial charge < -0.3 is 5.32 Å². The average molecular weight is 242 g/mol. The monoisotopic (exact) mass is 242 g/mol. The number of nitrogens with zero attached hydrogens (tertiary/aromatic N) is 2. The van der Waals surface area contributed by atoms with Crippen LogP contribution in [0, 0.1) is 6.92 Å². The summed E-state index contributed by atoms with van der Waals surface area (Å²) in [5.41, 5.74) is 2.34. The molecule has 18 heavy (non-hydrogen) atoms. The molecule has 4 heteroatoms. The molecule has 2 N–H and O–H groups in total. The molecule has 1 aliphatic rings. The molecule has 1 fully saturated rings. The van der Waals surface area contributed by atoms with E-state index < -0.39 is 0 Å². The van der Waals surface area contributed by atoms with E-state index in [2.05, 4.69) is 51.7 Å². The number of aryl methyl sites for hydroxylation is 1. The van der Waals surface area contributed by atoms with Gasteiger partial charge in [-0.25, -0.2) is 4.98 Å². The second kappa shape index (κ2) is 4.90. The van der Waals surface area contributed by atoms with Gasteiger partial charge in [0, 0.05) is 11.5 Å². The highest BCUT2D eigenvalue weighted by Crippen LogP contribution is 2.24. The molecule has 0 spiro atoms. The first-order valence-corrected chi connectivity index (χ1v) is 6.53. The van der Waals surface area contributed by atoms with Crippen LogP contribution >= 0.6 is 0 Å². The molecule has 94 valence electrons. The van der Waals surface area contributed by atoms with E-state index >= 15 is 0 Å². The molecule has 0 amide bonds. The van der Waals surface area contributed by atoms with Gasteiger partial charge in [-0.2, -0.15) is 5.10 Å². The van der Waals surface area contributed by atoms with Gasteiger partial charge in [0.05, 0.1) is 0 Å². The Hall–Kier alpha value is -1.68. The standard InChI is InChI=1S/C14H18N4/c1-10-2-4-11(5-3-10)13-16-14(18-17-13)12-6-8-15-9-7-12/h2-5,12,15H,6-9H2,1H3,(H,16,17,18). The lowest BCUT2D eigenvalue weighted by Crippen LogP contribution is -2.27. The van der Waals surface area contributed by atoms with Crippen LogP contribution in [0.4, 0.5) is 0 Å². The van der Waals surface area contributed by atoms with Gasteiger partial charge in [0.2, 0.25) is 0 Å². The Kier molecular flexibility index (Phi) is 3.11. The first kappa shape index (κ1) is 11.4. The third-order valence-corrected chi connectivity index (χ3v) is 3.54. The van der Waals surface area contributed by atoms with Gasteiger partial charge in [-0.1, -0.05) is 29.8 Å². The van der Waals surface area contributed by atoms with Crippen LogP contribution in [0.5, 0.6) is 0 Å². The minimum Gasteiger partial charge on any atom is -0.317 e. The lowest BCUT2D eigenvalue weighted by atomic mass is 9.98. The van der Waals surface area contributed by atoms with Crippen molar-refractivity contribution in [1.82, 2.24) is 20.5 Å². The first-order valence-electron chi connectivity index (χ1n) is 6.53. The maximum atomic E-state index is 4.64. The maximum absolute atomic E-state index is 4.64. The summed E-state index contributed by atoms with van der Waals surface area (Å²) in [4.78, 5) is 4.64. The summed E-state index contributed by atoms with van der Waals surface area (Å²) >= 11 is 0. The van der Waals surface area contributed by atoms with Crippen molar-refractivity contribution in [2.75, 3.05) is 13.1 Å². The van der Waals surface area contributed by atoms with Gasteiger partial charge >= 0.3 is 0 Å². The van der Waals surface area contributed by atoms with E-state index in [0.29, 0.717) is 5.92 Å². The molecule has 1 aromatic heterocycles. The minimum absolute atomic E-state index is 0.526. The summed E-state index contributed by atoms with van der Waals surface area (Å²) in [6.07, 6.45) is 2.28. The summed E-state index contributed by atoms with van der Waals surface area (Å²) in [6, 6.07) is 8.33. The topological polar surface area (TPSA) is 53.6 Å². The Morgan fingerprint density at radius 3 is 2.56 bits per heavy atom. The van der Waals surface area contributed by atoms with Crippen LogP contribution < -0.4 is 5.32 Å². The molecule has 0 atom stereocenters.